The van der Waals surface area contributed by atoms with Gasteiger partial charge in [-0.05, 0) is 54.7 Å². The van der Waals surface area contributed by atoms with Crippen molar-refractivity contribution in [1.29, 1.82) is 0 Å². The quantitative estimate of drug-likeness (QED) is 0.764. The van der Waals surface area contributed by atoms with E-state index < -0.39 is 0 Å². The molecule has 0 bridgehead atoms. The van der Waals surface area contributed by atoms with Gasteiger partial charge in [-0.3, -0.25) is 4.79 Å². The van der Waals surface area contributed by atoms with E-state index in [1.54, 1.807) is 0 Å². The van der Waals surface area contributed by atoms with Gasteiger partial charge in [0.05, 0.1) is 0 Å². The molecule has 2 fully saturated rings. The molecule has 2 atom stereocenters. The van der Waals surface area contributed by atoms with Crippen LogP contribution in [0.25, 0.3) is 11.1 Å². The van der Waals surface area contributed by atoms with Gasteiger partial charge in [0.15, 0.2) is 0 Å². The van der Waals surface area contributed by atoms with Crippen LogP contribution < -0.4 is 0 Å². The van der Waals surface area contributed by atoms with E-state index in [-0.39, 0.29) is 0 Å². The third-order valence-electron chi connectivity index (χ3n) is 5.92. The van der Waals surface area contributed by atoms with Crippen molar-refractivity contribution in [3.05, 3.63) is 60.2 Å². The summed E-state index contributed by atoms with van der Waals surface area (Å²) in [5.74, 6) is 1.08. The number of carbonyl (C=O) groups excluding carboxylic acids is 1. The second-order valence-corrected chi connectivity index (χ2v) is 7.60. The van der Waals surface area contributed by atoms with Crippen molar-refractivity contribution in [2.24, 2.45) is 5.92 Å². The molecule has 1 heterocycles. The van der Waals surface area contributed by atoms with Crippen LogP contribution in [0.5, 0.6) is 0 Å². The second kappa shape index (κ2) is 7.43. The van der Waals surface area contributed by atoms with E-state index in [2.05, 4.69) is 59.5 Å². The van der Waals surface area contributed by atoms with Crippen LogP contribution >= 0.6 is 0 Å². The molecular weight excluding hydrogens is 306 g/mol. The first-order valence-corrected chi connectivity index (χ1v) is 9.74. The highest BCUT2D eigenvalue weighted by atomic mass is 16.2. The molecule has 0 spiro atoms. The number of likely N-dealkylation sites (tertiary alicyclic amines) is 1. The van der Waals surface area contributed by atoms with E-state index in [0.717, 1.165) is 25.8 Å². The summed E-state index contributed by atoms with van der Waals surface area (Å²) in [7, 11) is 0. The first-order chi connectivity index (χ1) is 12.3. The lowest BCUT2D eigenvalue weighted by atomic mass is 9.80. The number of amides is 1. The van der Waals surface area contributed by atoms with Gasteiger partial charge in [0.2, 0.25) is 5.91 Å². The summed E-state index contributed by atoms with van der Waals surface area (Å²) in [6.07, 6.45) is 7.87. The maximum absolute atomic E-state index is 12.1. The van der Waals surface area contributed by atoms with Crippen molar-refractivity contribution in [3.8, 4) is 11.1 Å². The van der Waals surface area contributed by atoms with E-state index in [4.69, 9.17) is 0 Å². The SMILES string of the molecule is O=C1CCCN1C1CCCC(Cc2ccccc2-c2ccccc2)C1. The molecule has 1 saturated carbocycles. The molecule has 25 heavy (non-hydrogen) atoms. The number of carbonyl (C=O) groups is 1. The number of nitrogens with zero attached hydrogens (tertiary/aromatic N) is 1. The standard InChI is InChI=1S/C23H27NO/c25-23-14-7-15-24(23)21-12-6-8-18(17-21)16-20-11-4-5-13-22(20)19-9-2-1-3-10-19/h1-5,9-11,13,18,21H,6-8,12,14-17H2. The Hall–Kier alpha value is -2.09. The summed E-state index contributed by atoms with van der Waals surface area (Å²) >= 11 is 0. The molecule has 2 heteroatoms. The number of hydrogen-bond acceptors (Lipinski definition) is 1. The largest absolute Gasteiger partial charge is 0.340 e. The average Bonchev–Trinajstić information content (AvgIpc) is 3.09. The lowest BCUT2D eigenvalue weighted by molar-refractivity contribution is -0.130. The first-order valence-electron chi connectivity index (χ1n) is 9.74. The van der Waals surface area contributed by atoms with Crippen molar-refractivity contribution in [2.75, 3.05) is 6.54 Å². The molecule has 1 aliphatic carbocycles. The Bertz CT molecular complexity index is 724. The zero-order valence-corrected chi connectivity index (χ0v) is 14.9. The predicted molar refractivity (Wildman–Crippen MR) is 102 cm³/mol. The topological polar surface area (TPSA) is 20.3 Å². The normalized spacial score (nSPS) is 23.8. The number of rotatable bonds is 4. The maximum atomic E-state index is 12.1. The summed E-state index contributed by atoms with van der Waals surface area (Å²) in [6, 6.07) is 20.0. The van der Waals surface area contributed by atoms with Crippen LogP contribution in [0.2, 0.25) is 0 Å². The molecule has 2 nitrogen and oxygen atoms in total. The van der Waals surface area contributed by atoms with Gasteiger partial charge in [-0.1, -0.05) is 61.0 Å². The van der Waals surface area contributed by atoms with Gasteiger partial charge in [0.1, 0.15) is 0 Å². The van der Waals surface area contributed by atoms with E-state index in [9.17, 15) is 4.79 Å². The molecule has 2 aromatic carbocycles. The third kappa shape index (κ3) is 3.63. The molecule has 1 saturated heterocycles. The molecule has 130 valence electrons. The monoisotopic (exact) mass is 333 g/mol. The lowest BCUT2D eigenvalue weighted by Crippen LogP contribution is -2.39. The summed E-state index contributed by atoms with van der Waals surface area (Å²) in [5, 5.41) is 0. The highest BCUT2D eigenvalue weighted by Gasteiger charge is 2.32. The Morgan fingerprint density at radius 3 is 2.52 bits per heavy atom. The van der Waals surface area contributed by atoms with E-state index in [0.29, 0.717) is 17.9 Å². The van der Waals surface area contributed by atoms with Gasteiger partial charge >= 0.3 is 0 Å². The fourth-order valence-corrected chi connectivity index (χ4v) is 4.69. The molecule has 0 radical (unpaired) electrons. The molecule has 1 aliphatic heterocycles. The van der Waals surface area contributed by atoms with Crippen molar-refractivity contribution in [2.45, 2.75) is 51.0 Å². The van der Waals surface area contributed by atoms with Gasteiger partial charge in [-0.2, -0.15) is 0 Å². The average molecular weight is 333 g/mol. The van der Waals surface area contributed by atoms with Crippen LogP contribution in [-0.2, 0) is 11.2 Å². The van der Waals surface area contributed by atoms with Crippen LogP contribution in [0.3, 0.4) is 0 Å². The molecule has 2 unspecified atom stereocenters. The minimum absolute atomic E-state index is 0.385. The Balaban J connectivity index is 1.50. The predicted octanol–water partition coefficient (Wildman–Crippen LogP) is 5.08. The zero-order valence-electron chi connectivity index (χ0n) is 14.9. The highest BCUT2D eigenvalue weighted by molar-refractivity contribution is 5.78. The molecule has 0 aromatic heterocycles. The van der Waals surface area contributed by atoms with Crippen molar-refractivity contribution in [1.82, 2.24) is 4.90 Å². The molecular formula is C23H27NO. The Kier molecular flexibility index (Phi) is 4.87. The fourth-order valence-electron chi connectivity index (χ4n) is 4.69. The Morgan fingerprint density at radius 1 is 0.920 bits per heavy atom. The van der Waals surface area contributed by atoms with E-state index in [1.807, 2.05) is 0 Å². The Morgan fingerprint density at radius 2 is 1.72 bits per heavy atom. The fraction of sp³-hybridized carbons (Fsp3) is 0.435. The Labute approximate surface area is 150 Å². The van der Waals surface area contributed by atoms with Crippen LogP contribution in [-0.4, -0.2) is 23.4 Å². The summed E-state index contributed by atoms with van der Waals surface area (Å²) in [5.41, 5.74) is 4.12. The minimum atomic E-state index is 0.385. The smallest absolute Gasteiger partial charge is 0.222 e. The van der Waals surface area contributed by atoms with E-state index >= 15 is 0 Å². The molecule has 2 aliphatic rings. The van der Waals surface area contributed by atoms with Crippen LogP contribution in [0.4, 0.5) is 0 Å². The highest BCUT2D eigenvalue weighted by Crippen LogP contribution is 2.34. The van der Waals surface area contributed by atoms with Crippen LogP contribution in [0.15, 0.2) is 54.6 Å². The van der Waals surface area contributed by atoms with Crippen LogP contribution in [0, 0.1) is 5.92 Å². The minimum Gasteiger partial charge on any atom is -0.340 e. The van der Waals surface area contributed by atoms with Gasteiger partial charge < -0.3 is 4.90 Å². The third-order valence-corrected chi connectivity index (χ3v) is 5.92. The van der Waals surface area contributed by atoms with Crippen LogP contribution in [0.1, 0.15) is 44.1 Å². The summed E-state index contributed by atoms with van der Waals surface area (Å²) in [6.45, 7) is 0.983. The van der Waals surface area contributed by atoms with Gasteiger partial charge in [-0.25, -0.2) is 0 Å². The summed E-state index contributed by atoms with van der Waals surface area (Å²) in [4.78, 5) is 14.3. The zero-order chi connectivity index (χ0) is 17.1. The molecule has 0 N–H and O–H groups in total. The molecule has 4 rings (SSSR count). The number of benzene rings is 2. The molecule has 1 amide bonds. The number of hydrogen-bond donors (Lipinski definition) is 0. The van der Waals surface area contributed by atoms with Crippen molar-refractivity contribution < 1.29 is 4.79 Å². The van der Waals surface area contributed by atoms with E-state index in [1.165, 1.54) is 42.4 Å². The van der Waals surface area contributed by atoms with Gasteiger partial charge in [0, 0.05) is 19.0 Å². The van der Waals surface area contributed by atoms with Gasteiger partial charge in [-0.15, -0.1) is 0 Å². The van der Waals surface area contributed by atoms with Crippen molar-refractivity contribution >= 4 is 5.91 Å². The van der Waals surface area contributed by atoms with Crippen molar-refractivity contribution in [3.63, 3.8) is 0 Å². The second-order valence-electron chi connectivity index (χ2n) is 7.60. The molecule has 2 aromatic rings. The lowest BCUT2D eigenvalue weighted by Gasteiger charge is -2.35. The maximum Gasteiger partial charge on any atom is 0.222 e. The van der Waals surface area contributed by atoms with Gasteiger partial charge in [0.25, 0.3) is 0 Å². The summed E-state index contributed by atoms with van der Waals surface area (Å²) < 4.78 is 0. The first kappa shape index (κ1) is 16.4.